The summed E-state index contributed by atoms with van der Waals surface area (Å²) in [5.74, 6) is 2.10. The molecule has 0 radical (unpaired) electrons. The molecule has 2 rings (SSSR count). The van der Waals surface area contributed by atoms with Crippen molar-refractivity contribution in [2.24, 2.45) is 0 Å². The first-order valence-corrected chi connectivity index (χ1v) is 7.13. The molecule has 0 saturated carbocycles. The van der Waals surface area contributed by atoms with Crippen molar-refractivity contribution in [1.82, 2.24) is 0 Å². The Labute approximate surface area is 107 Å². The van der Waals surface area contributed by atoms with Gasteiger partial charge in [0.2, 0.25) is 0 Å². The normalized spacial score (nSPS) is 19.9. The molecule has 1 unspecified atom stereocenters. The Morgan fingerprint density at radius 2 is 2.35 bits per heavy atom. The van der Waals surface area contributed by atoms with Crippen LogP contribution in [0.15, 0.2) is 18.2 Å². The van der Waals surface area contributed by atoms with Gasteiger partial charge in [-0.25, -0.2) is 0 Å². The lowest BCUT2D eigenvalue weighted by Crippen LogP contribution is -2.20. The molecule has 1 fully saturated rings. The van der Waals surface area contributed by atoms with Crippen LogP contribution in [-0.2, 0) is 0 Å². The Hall–Kier alpha value is -1.03. The van der Waals surface area contributed by atoms with Gasteiger partial charge in [-0.2, -0.15) is 11.8 Å². The van der Waals surface area contributed by atoms with Crippen molar-refractivity contribution >= 4 is 23.1 Å². The van der Waals surface area contributed by atoms with Crippen LogP contribution in [0.3, 0.4) is 0 Å². The number of hydrogen-bond donors (Lipinski definition) is 2. The zero-order valence-corrected chi connectivity index (χ0v) is 11.1. The molecule has 4 heteroatoms. The fraction of sp³-hybridized carbons (Fsp3) is 0.538. The van der Waals surface area contributed by atoms with Crippen LogP contribution in [0.2, 0.25) is 0 Å². The maximum atomic E-state index is 5.96. The van der Waals surface area contributed by atoms with Gasteiger partial charge in [-0.3, -0.25) is 0 Å². The van der Waals surface area contributed by atoms with Crippen LogP contribution in [0, 0.1) is 0 Å². The predicted molar refractivity (Wildman–Crippen MR) is 76.0 cm³/mol. The second kappa shape index (κ2) is 6.05. The molecule has 1 aromatic rings. The SMILES string of the molecule is COc1ccc(NCC2CCCCS2)c(N)c1. The molecule has 0 spiro atoms. The summed E-state index contributed by atoms with van der Waals surface area (Å²) in [5.41, 5.74) is 7.73. The van der Waals surface area contributed by atoms with Crippen molar-refractivity contribution in [2.45, 2.75) is 24.5 Å². The summed E-state index contributed by atoms with van der Waals surface area (Å²) in [4.78, 5) is 0. The summed E-state index contributed by atoms with van der Waals surface area (Å²) in [6.45, 7) is 1.00. The molecule has 17 heavy (non-hydrogen) atoms. The maximum absolute atomic E-state index is 5.96. The van der Waals surface area contributed by atoms with Crippen molar-refractivity contribution in [1.29, 1.82) is 0 Å². The highest BCUT2D eigenvalue weighted by molar-refractivity contribution is 7.99. The molecule has 0 bridgehead atoms. The highest BCUT2D eigenvalue weighted by Crippen LogP contribution is 2.27. The molecule has 1 aromatic carbocycles. The molecule has 1 atom stereocenters. The van der Waals surface area contributed by atoms with Gasteiger partial charge in [-0.1, -0.05) is 6.42 Å². The standard InChI is InChI=1S/C13H20N2OS/c1-16-10-5-6-13(12(14)8-10)15-9-11-4-2-3-7-17-11/h5-6,8,11,15H,2-4,7,9,14H2,1H3. The van der Waals surface area contributed by atoms with Gasteiger partial charge in [-0.15, -0.1) is 0 Å². The number of hydrogen-bond acceptors (Lipinski definition) is 4. The third kappa shape index (κ3) is 3.46. The predicted octanol–water partition coefficient (Wildman–Crippen LogP) is 2.98. The van der Waals surface area contributed by atoms with Gasteiger partial charge >= 0.3 is 0 Å². The Balaban J connectivity index is 1.89. The van der Waals surface area contributed by atoms with E-state index in [0.717, 1.165) is 28.9 Å². The molecule has 0 aliphatic carbocycles. The number of nitrogens with two attached hydrogens (primary N) is 1. The van der Waals surface area contributed by atoms with Crippen molar-refractivity contribution in [3.8, 4) is 5.75 Å². The van der Waals surface area contributed by atoms with Gasteiger partial charge in [-0.05, 0) is 30.7 Å². The minimum atomic E-state index is 0.727. The lowest BCUT2D eigenvalue weighted by Gasteiger charge is -2.22. The van der Waals surface area contributed by atoms with Gasteiger partial charge in [0.05, 0.1) is 18.5 Å². The summed E-state index contributed by atoms with van der Waals surface area (Å²) in [6, 6.07) is 5.78. The van der Waals surface area contributed by atoms with Gasteiger partial charge in [0, 0.05) is 17.9 Å². The molecular weight excluding hydrogens is 232 g/mol. The lowest BCUT2D eigenvalue weighted by atomic mass is 10.2. The molecule has 1 aliphatic heterocycles. The van der Waals surface area contributed by atoms with E-state index in [1.54, 1.807) is 7.11 Å². The van der Waals surface area contributed by atoms with E-state index in [1.807, 2.05) is 18.2 Å². The van der Waals surface area contributed by atoms with E-state index in [9.17, 15) is 0 Å². The zero-order chi connectivity index (χ0) is 12.1. The van der Waals surface area contributed by atoms with E-state index < -0.39 is 0 Å². The molecule has 3 N–H and O–H groups in total. The van der Waals surface area contributed by atoms with Crippen LogP contribution >= 0.6 is 11.8 Å². The van der Waals surface area contributed by atoms with E-state index in [2.05, 4.69) is 17.1 Å². The van der Waals surface area contributed by atoms with E-state index in [4.69, 9.17) is 10.5 Å². The fourth-order valence-electron chi connectivity index (χ4n) is 2.02. The van der Waals surface area contributed by atoms with E-state index in [1.165, 1.54) is 25.0 Å². The van der Waals surface area contributed by atoms with Crippen molar-refractivity contribution in [2.75, 3.05) is 30.5 Å². The average Bonchev–Trinajstić information content (AvgIpc) is 2.38. The third-order valence-corrected chi connectivity index (χ3v) is 4.45. The topological polar surface area (TPSA) is 47.3 Å². The first kappa shape index (κ1) is 12.4. The number of benzene rings is 1. The van der Waals surface area contributed by atoms with Crippen LogP contribution in [0.1, 0.15) is 19.3 Å². The van der Waals surface area contributed by atoms with Crippen molar-refractivity contribution in [3.05, 3.63) is 18.2 Å². The summed E-state index contributed by atoms with van der Waals surface area (Å²) in [6.07, 6.45) is 4.04. The molecule has 1 saturated heterocycles. The van der Waals surface area contributed by atoms with Crippen molar-refractivity contribution < 1.29 is 4.74 Å². The first-order chi connectivity index (χ1) is 8.29. The number of methoxy groups -OCH3 is 1. The largest absolute Gasteiger partial charge is 0.497 e. The Morgan fingerprint density at radius 1 is 1.47 bits per heavy atom. The maximum Gasteiger partial charge on any atom is 0.121 e. The summed E-state index contributed by atoms with van der Waals surface area (Å²) < 4.78 is 5.13. The number of ether oxygens (including phenoxy) is 1. The van der Waals surface area contributed by atoms with Crippen LogP contribution in [0.5, 0.6) is 5.75 Å². The smallest absolute Gasteiger partial charge is 0.121 e. The fourth-order valence-corrected chi connectivity index (χ4v) is 3.26. The van der Waals surface area contributed by atoms with Gasteiger partial charge in [0.25, 0.3) is 0 Å². The number of anilines is 2. The van der Waals surface area contributed by atoms with E-state index in [0.29, 0.717) is 0 Å². The first-order valence-electron chi connectivity index (χ1n) is 6.08. The van der Waals surface area contributed by atoms with Gasteiger partial charge in [0.1, 0.15) is 5.75 Å². The monoisotopic (exact) mass is 252 g/mol. The van der Waals surface area contributed by atoms with E-state index in [-0.39, 0.29) is 0 Å². The minimum Gasteiger partial charge on any atom is -0.497 e. The highest BCUT2D eigenvalue weighted by atomic mass is 32.2. The molecule has 0 amide bonds. The van der Waals surface area contributed by atoms with Gasteiger partial charge in [0.15, 0.2) is 0 Å². The summed E-state index contributed by atoms with van der Waals surface area (Å²) >= 11 is 2.07. The van der Waals surface area contributed by atoms with Crippen molar-refractivity contribution in [3.63, 3.8) is 0 Å². The lowest BCUT2D eigenvalue weighted by molar-refractivity contribution is 0.415. The average molecular weight is 252 g/mol. The Morgan fingerprint density at radius 3 is 3.00 bits per heavy atom. The second-order valence-corrected chi connectivity index (χ2v) is 5.73. The molecule has 3 nitrogen and oxygen atoms in total. The number of nitrogen functional groups attached to an aromatic ring is 1. The number of thioether (sulfide) groups is 1. The second-order valence-electron chi connectivity index (χ2n) is 4.32. The third-order valence-electron chi connectivity index (χ3n) is 3.05. The van der Waals surface area contributed by atoms with Gasteiger partial charge < -0.3 is 15.8 Å². The number of rotatable bonds is 4. The molecule has 0 aromatic heterocycles. The minimum absolute atomic E-state index is 0.727. The quantitative estimate of drug-likeness (QED) is 0.809. The van der Waals surface area contributed by atoms with Crippen LogP contribution in [-0.4, -0.2) is 24.7 Å². The van der Waals surface area contributed by atoms with Crippen LogP contribution in [0.4, 0.5) is 11.4 Å². The molecule has 1 aliphatic rings. The Kier molecular flexibility index (Phi) is 4.42. The number of nitrogens with one attached hydrogen (secondary N) is 1. The Bertz CT molecular complexity index is 364. The van der Waals surface area contributed by atoms with Crippen LogP contribution in [0.25, 0.3) is 0 Å². The van der Waals surface area contributed by atoms with Crippen LogP contribution < -0.4 is 15.8 Å². The molecule has 1 heterocycles. The summed E-state index contributed by atoms with van der Waals surface area (Å²) in [5, 5.41) is 4.16. The highest BCUT2D eigenvalue weighted by Gasteiger charge is 2.13. The molecule has 94 valence electrons. The summed E-state index contributed by atoms with van der Waals surface area (Å²) in [7, 11) is 1.65. The zero-order valence-electron chi connectivity index (χ0n) is 10.2. The molecular formula is C13H20N2OS. The van der Waals surface area contributed by atoms with E-state index >= 15 is 0 Å².